The van der Waals surface area contributed by atoms with Crippen molar-refractivity contribution in [2.45, 2.75) is 0 Å². The lowest BCUT2D eigenvalue weighted by atomic mass is 10.0. The third-order valence-electron chi connectivity index (χ3n) is 2.74. The molecule has 0 unspecified atom stereocenters. The van der Waals surface area contributed by atoms with E-state index in [0.717, 1.165) is 22.0 Å². The van der Waals surface area contributed by atoms with Gasteiger partial charge in [-0.25, -0.2) is 0 Å². The van der Waals surface area contributed by atoms with Gasteiger partial charge in [-0.2, -0.15) is 0 Å². The van der Waals surface area contributed by atoms with Crippen LogP contribution in [0, 0.1) is 0 Å². The van der Waals surface area contributed by atoms with Gasteiger partial charge >= 0.3 is 0 Å². The smallest absolute Gasteiger partial charge is 0.248 e. The Morgan fingerprint density at radius 3 is 2.76 bits per heavy atom. The summed E-state index contributed by atoms with van der Waals surface area (Å²) in [5.74, 6) is 0. The Morgan fingerprint density at radius 1 is 1.00 bits per heavy atom. The molecule has 0 atom stereocenters. The van der Waals surface area contributed by atoms with Crippen LogP contribution in [0.2, 0.25) is 0 Å². The van der Waals surface area contributed by atoms with Crippen molar-refractivity contribution in [3.63, 3.8) is 0 Å². The second kappa shape index (κ2) is 3.87. The van der Waals surface area contributed by atoms with Crippen molar-refractivity contribution in [2.24, 2.45) is 0 Å². The minimum atomic E-state index is -0.0941. The van der Waals surface area contributed by atoms with Crippen LogP contribution in [0.25, 0.3) is 22.0 Å². The van der Waals surface area contributed by atoms with E-state index in [9.17, 15) is 4.79 Å². The second-order valence-electron chi connectivity index (χ2n) is 3.83. The molecule has 1 aromatic carbocycles. The zero-order chi connectivity index (χ0) is 11.7. The molecule has 3 rings (SSSR count). The molecule has 0 amide bonds. The van der Waals surface area contributed by atoms with Crippen molar-refractivity contribution >= 4 is 10.8 Å². The van der Waals surface area contributed by atoms with Gasteiger partial charge in [0, 0.05) is 35.1 Å². The molecule has 3 aromatic rings. The summed E-state index contributed by atoms with van der Waals surface area (Å²) in [6.07, 6.45) is 3.58. The fourth-order valence-electron chi connectivity index (χ4n) is 1.95. The first-order chi connectivity index (χ1) is 8.34. The molecule has 2 aromatic heterocycles. The van der Waals surface area contributed by atoms with E-state index < -0.39 is 0 Å². The molecule has 2 heterocycles. The van der Waals surface area contributed by atoms with Crippen LogP contribution in [-0.2, 0) is 0 Å². The monoisotopic (exact) mass is 222 g/mol. The topological polar surface area (TPSA) is 45.8 Å². The molecule has 0 bridgehead atoms. The Morgan fingerprint density at radius 2 is 1.88 bits per heavy atom. The van der Waals surface area contributed by atoms with Gasteiger partial charge in [0.15, 0.2) is 0 Å². The maximum Gasteiger partial charge on any atom is 0.248 e. The molecule has 82 valence electrons. The Hall–Kier alpha value is -2.42. The van der Waals surface area contributed by atoms with E-state index in [0.29, 0.717) is 0 Å². The fourth-order valence-corrected chi connectivity index (χ4v) is 1.95. The van der Waals surface area contributed by atoms with E-state index in [-0.39, 0.29) is 5.56 Å². The van der Waals surface area contributed by atoms with Crippen LogP contribution >= 0.6 is 0 Å². The van der Waals surface area contributed by atoms with Crippen LogP contribution in [0.15, 0.2) is 59.7 Å². The minimum absolute atomic E-state index is 0.0941. The number of aromatic nitrogens is 2. The van der Waals surface area contributed by atoms with E-state index in [1.165, 1.54) is 6.07 Å². The zero-order valence-electron chi connectivity index (χ0n) is 9.05. The Kier molecular flexibility index (Phi) is 2.22. The summed E-state index contributed by atoms with van der Waals surface area (Å²) < 4.78 is 0. The van der Waals surface area contributed by atoms with E-state index >= 15 is 0 Å². The molecule has 3 heteroatoms. The molecule has 0 saturated carbocycles. The summed E-state index contributed by atoms with van der Waals surface area (Å²) in [6, 6.07) is 13.1. The van der Waals surface area contributed by atoms with Crippen LogP contribution in [-0.4, -0.2) is 9.97 Å². The standard InChI is InChI=1S/C14H10N2O/c17-14-6-2-5-13(16-14)11-4-1-3-10-7-8-15-9-12(10)11/h1-9H,(H,16,17). The number of pyridine rings is 2. The maximum atomic E-state index is 11.3. The van der Waals surface area contributed by atoms with Crippen LogP contribution in [0.1, 0.15) is 0 Å². The van der Waals surface area contributed by atoms with Gasteiger partial charge in [0.25, 0.3) is 0 Å². The molecule has 1 N–H and O–H groups in total. The highest BCUT2D eigenvalue weighted by Crippen LogP contribution is 2.25. The molecule has 0 fully saturated rings. The van der Waals surface area contributed by atoms with Gasteiger partial charge in [-0.05, 0) is 17.5 Å². The molecule has 0 aliphatic rings. The average molecular weight is 222 g/mol. The highest BCUT2D eigenvalue weighted by Gasteiger charge is 2.03. The SMILES string of the molecule is O=c1cccc(-c2cccc3ccncc23)[nH]1. The van der Waals surface area contributed by atoms with E-state index in [2.05, 4.69) is 9.97 Å². The number of aromatic amines is 1. The number of hydrogen-bond donors (Lipinski definition) is 1. The first-order valence-electron chi connectivity index (χ1n) is 5.37. The molecule has 0 aliphatic carbocycles. The molecular weight excluding hydrogens is 212 g/mol. The summed E-state index contributed by atoms with van der Waals surface area (Å²) in [5, 5.41) is 2.15. The average Bonchev–Trinajstić information content (AvgIpc) is 2.38. The second-order valence-corrected chi connectivity index (χ2v) is 3.83. The number of nitrogens with one attached hydrogen (secondary N) is 1. The predicted molar refractivity (Wildman–Crippen MR) is 67.8 cm³/mol. The van der Waals surface area contributed by atoms with E-state index in [1.54, 1.807) is 12.3 Å². The lowest BCUT2D eigenvalue weighted by molar-refractivity contribution is 1.24. The fraction of sp³-hybridized carbons (Fsp3) is 0. The van der Waals surface area contributed by atoms with Crippen molar-refractivity contribution in [1.29, 1.82) is 0 Å². The number of rotatable bonds is 1. The number of H-pyrrole nitrogens is 1. The van der Waals surface area contributed by atoms with Crippen LogP contribution < -0.4 is 5.56 Å². The molecule has 0 radical (unpaired) electrons. The van der Waals surface area contributed by atoms with Crippen molar-refractivity contribution in [3.8, 4) is 11.3 Å². The zero-order valence-corrected chi connectivity index (χ0v) is 9.05. The lowest BCUT2D eigenvalue weighted by Crippen LogP contribution is -2.03. The maximum absolute atomic E-state index is 11.3. The van der Waals surface area contributed by atoms with Crippen LogP contribution in [0.3, 0.4) is 0 Å². The molecule has 0 spiro atoms. The highest BCUT2D eigenvalue weighted by molar-refractivity contribution is 5.94. The largest absolute Gasteiger partial charge is 0.322 e. The summed E-state index contributed by atoms with van der Waals surface area (Å²) in [4.78, 5) is 18.3. The third-order valence-corrected chi connectivity index (χ3v) is 2.74. The third kappa shape index (κ3) is 1.72. The minimum Gasteiger partial charge on any atom is -0.322 e. The predicted octanol–water partition coefficient (Wildman–Crippen LogP) is 2.59. The normalized spacial score (nSPS) is 10.6. The summed E-state index contributed by atoms with van der Waals surface area (Å²) in [6.45, 7) is 0. The van der Waals surface area contributed by atoms with Gasteiger partial charge in [0.05, 0.1) is 0 Å². The Labute approximate surface area is 97.8 Å². The molecule has 0 aliphatic heterocycles. The van der Waals surface area contributed by atoms with Crippen molar-refractivity contribution in [3.05, 3.63) is 65.2 Å². The van der Waals surface area contributed by atoms with Gasteiger partial charge in [-0.3, -0.25) is 9.78 Å². The van der Waals surface area contributed by atoms with Gasteiger partial charge in [-0.1, -0.05) is 24.3 Å². The van der Waals surface area contributed by atoms with Crippen LogP contribution in [0.4, 0.5) is 0 Å². The van der Waals surface area contributed by atoms with Crippen molar-refractivity contribution in [1.82, 2.24) is 9.97 Å². The molecule has 0 saturated heterocycles. The number of fused-ring (bicyclic) bond motifs is 1. The summed E-state index contributed by atoms with van der Waals surface area (Å²) in [7, 11) is 0. The van der Waals surface area contributed by atoms with E-state index in [4.69, 9.17) is 0 Å². The molecular formula is C14H10N2O. The van der Waals surface area contributed by atoms with Gasteiger partial charge < -0.3 is 4.98 Å². The van der Waals surface area contributed by atoms with Gasteiger partial charge in [0.1, 0.15) is 0 Å². The van der Waals surface area contributed by atoms with Crippen molar-refractivity contribution in [2.75, 3.05) is 0 Å². The number of nitrogens with zero attached hydrogens (tertiary/aromatic N) is 1. The van der Waals surface area contributed by atoms with Gasteiger partial charge in [-0.15, -0.1) is 0 Å². The molecule has 3 nitrogen and oxygen atoms in total. The Balaban J connectivity index is 2.34. The number of hydrogen-bond acceptors (Lipinski definition) is 2. The molecule has 17 heavy (non-hydrogen) atoms. The van der Waals surface area contributed by atoms with E-state index in [1.807, 2.05) is 36.5 Å². The summed E-state index contributed by atoms with van der Waals surface area (Å²) >= 11 is 0. The summed E-state index contributed by atoms with van der Waals surface area (Å²) in [5.41, 5.74) is 1.72. The quantitative estimate of drug-likeness (QED) is 0.687. The highest BCUT2D eigenvalue weighted by atomic mass is 16.1. The lowest BCUT2D eigenvalue weighted by Gasteiger charge is -2.05. The number of benzene rings is 1. The van der Waals surface area contributed by atoms with Crippen molar-refractivity contribution < 1.29 is 0 Å². The first kappa shape index (κ1) is 9.78. The van der Waals surface area contributed by atoms with Gasteiger partial charge in [0.2, 0.25) is 5.56 Å². The van der Waals surface area contributed by atoms with Crippen LogP contribution in [0.5, 0.6) is 0 Å². The Bertz CT molecular complexity index is 726. The first-order valence-corrected chi connectivity index (χ1v) is 5.37.